The van der Waals surface area contributed by atoms with Crippen LogP contribution in [0.2, 0.25) is 0 Å². The Morgan fingerprint density at radius 3 is 2.59 bits per heavy atom. The third kappa shape index (κ3) is 3.38. The number of hydrogen-bond donors (Lipinski definition) is 0. The van der Waals surface area contributed by atoms with E-state index in [-0.39, 0.29) is 0 Å². The van der Waals surface area contributed by atoms with Gasteiger partial charge in [-0.25, -0.2) is 0 Å². The maximum absolute atomic E-state index is 5.75. The molecule has 2 heteroatoms. The monoisotopic (exact) mass is 229 g/mol. The van der Waals surface area contributed by atoms with Crippen molar-refractivity contribution in [1.82, 2.24) is 4.57 Å². The van der Waals surface area contributed by atoms with Crippen LogP contribution < -0.4 is 4.74 Å². The quantitative estimate of drug-likeness (QED) is 0.762. The highest BCUT2D eigenvalue weighted by Gasteiger charge is 2.00. The number of nitrogens with zero attached hydrogens (tertiary/aromatic N) is 1. The Bertz CT molecular complexity index is 446. The summed E-state index contributed by atoms with van der Waals surface area (Å²) in [5.41, 5.74) is 1.32. The van der Waals surface area contributed by atoms with E-state index in [9.17, 15) is 0 Å². The second kappa shape index (κ2) is 5.58. The zero-order chi connectivity index (χ0) is 12.1. The fraction of sp³-hybridized carbons (Fsp3) is 0.333. The van der Waals surface area contributed by atoms with Crippen LogP contribution in [0.1, 0.15) is 25.3 Å². The molecular formula is C15H19NO. The maximum Gasteiger partial charge on any atom is 0.119 e. The van der Waals surface area contributed by atoms with Crippen molar-refractivity contribution >= 4 is 0 Å². The van der Waals surface area contributed by atoms with Crippen LogP contribution in [-0.2, 0) is 6.54 Å². The van der Waals surface area contributed by atoms with Gasteiger partial charge in [-0.3, -0.25) is 0 Å². The predicted molar refractivity (Wildman–Crippen MR) is 70.5 cm³/mol. The minimum Gasteiger partial charge on any atom is -0.492 e. The lowest BCUT2D eigenvalue weighted by molar-refractivity contribution is 0.298. The lowest BCUT2D eigenvalue weighted by Gasteiger charge is -2.10. The van der Waals surface area contributed by atoms with Crippen molar-refractivity contribution in [3.63, 3.8) is 0 Å². The molecule has 0 unspecified atom stereocenters. The summed E-state index contributed by atoms with van der Waals surface area (Å²) in [7, 11) is 0. The summed E-state index contributed by atoms with van der Waals surface area (Å²) in [6.45, 7) is 5.98. The molecule has 17 heavy (non-hydrogen) atoms. The van der Waals surface area contributed by atoms with Crippen LogP contribution in [-0.4, -0.2) is 11.2 Å². The van der Waals surface area contributed by atoms with Gasteiger partial charge in [0.25, 0.3) is 0 Å². The molecular weight excluding hydrogens is 210 g/mol. The smallest absolute Gasteiger partial charge is 0.119 e. The first kappa shape index (κ1) is 11.8. The summed E-state index contributed by atoms with van der Waals surface area (Å²) in [5.74, 6) is 1.51. The van der Waals surface area contributed by atoms with Crippen LogP contribution in [0, 0.1) is 0 Å². The van der Waals surface area contributed by atoms with E-state index in [1.54, 1.807) is 0 Å². The van der Waals surface area contributed by atoms with Crippen molar-refractivity contribution < 1.29 is 4.74 Å². The highest BCUT2D eigenvalue weighted by molar-refractivity contribution is 5.30. The summed E-state index contributed by atoms with van der Waals surface area (Å²) in [5, 5.41) is 0. The second-order valence-corrected chi connectivity index (χ2v) is 4.50. The fourth-order valence-electron chi connectivity index (χ4n) is 1.75. The Morgan fingerprint density at radius 1 is 1.12 bits per heavy atom. The highest BCUT2D eigenvalue weighted by Crippen LogP contribution is 2.19. The van der Waals surface area contributed by atoms with Gasteiger partial charge in [0.2, 0.25) is 0 Å². The molecule has 0 radical (unpaired) electrons. The van der Waals surface area contributed by atoms with Crippen LogP contribution in [0.15, 0.2) is 48.8 Å². The molecule has 2 aromatic rings. The van der Waals surface area contributed by atoms with E-state index in [4.69, 9.17) is 4.74 Å². The van der Waals surface area contributed by atoms with Crippen LogP contribution in [0.3, 0.4) is 0 Å². The zero-order valence-corrected chi connectivity index (χ0v) is 10.5. The van der Waals surface area contributed by atoms with E-state index in [1.165, 1.54) is 5.56 Å². The molecule has 0 bridgehead atoms. The molecule has 90 valence electrons. The minimum atomic E-state index is 0.544. The summed E-state index contributed by atoms with van der Waals surface area (Å²) in [6, 6.07) is 12.4. The Hall–Kier alpha value is -1.70. The normalized spacial score (nSPS) is 10.8. The largest absolute Gasteiger partial charge is 0.492 e. The van der Waals surface area contributed by atoms with Crippen molar-refractivity contribution in [3.8, 4) is 5.75 Å². The number of aromatic nitrogens is 1. The standard InChI is InChI=1S/C15H19NO/c1-13(2)14-6-5-7-15(12-14)17-11-10-16-8-3-4-9-16/h3-9,12-13H,10-11H2,1-2H3. The molecule has 0 aliphatic rings. The van der Waals surface area contributed by atoms with Crippen molar-refractivity contribution in [2.24, 2.45) is 0 Å². The molecule has 0 spiro atoms. The molecule has 0 amide bonds. The molecule has 0 aliphatic carbocycles. The minimum absolute atomic E-state index is 0.544. The van der Waals surface area contributed by atoms with E-state index in [2.05, 4.69) is 36.6 Å². The van der Waals surface area contributed by atoms with Gasteiger partial charge in [-0.1, -0.05) is 26.0 Å². The lowest BCUT2D eigenvalue weighted by Crippen LogP contribution is -2.06. The third-order valence-corrected chi connectivity index (χ3v) is 2.81. The Kier molecular flexibility index (Phi) is 3.86. The van der Waals surface area contributed by atoms with Gasteiger partial charge in [-0.15, -0.1) is 0 Å². The first-order valence-electron chi connectivity index (χ1n) is 6.09. The molecule has 0 saturated heterocycles. The molecule has 1 aromatic heterocycles. The van der Waals surface area contributed by atoms with Crippen molar-refractivity contribution in [2.45, 2.75) is 26.3 Å². The molecule has 0 aliphatic heterocycles. The van der Waals surface area contributed by atoms with E-state index in [1.807, 2.05) is 30.6 Å². The van der Waals surface area contributed by atoms with Gasteiger partial charge in [0, 0.05) is 12.4 Å². The molecule has 0 fully saturated rings. The van der Waals surface area contributed by atoms with Crippen LogP contribution in [0.4, 0.5) is 0 Å². The van der Waals surface area contributed by atoms with Crippen LogP contribution in [0.25, 0.3) is 0 Å². The van der Waals surface area contributed by atoms with Crippen molar-refractivity contribution in [2.75, 3.05) is 6.61 Å². The number of ether oxygens (including phenoxy) is 1. The lowest BCUT2D eigenvalue weighted by atomic mass is 10.0. The highest BCUT2D eigenvalue weighted by atomic mass is 16.5. The summed E-state index contributed by atoms with van der Waals surface area (Å²) >= 11 is 0. The average Bonchev–Trinajstić information content (AvgIpc) is 2.82. The molecule has 0 N–H and O–H groups in total. The van der Waals surface area contributed by atoms with E-state index < -0.39 is 0 Å². The van der Waals surface area contributed by atoms with Gasteiger partial charge < -0.3 is 9.30 Å². The fourth-order valence-corrected chi connectivity index (χ4v) is 1.75. The topological polar surface area (TPSA) is 14.2 Å². The third-order valence-electron chi connectivity index (χ3n) is 2.81. The van der Waals surface area contributed by atoms with Crippen molar-refractivity contribution in [1.29, 1.82) is 0 Å². The van der Waals surface area contributed by atoms with Gasteiger partial charge in [0.1, 0.15) is 12.4 Å². The Morgan fingerprint density at radius 2 is 1.88 bits per heavy atom. The first-order chi connectivity index (χ1) is 8.25. The van der Waals surface area contributed by atoms with Crippen molar-refractivity contribution in [3.05, 3.63) is 54.4 Å². The average molecular weight is 229 g/mol. The van der Waals surface area contributed by atoms with E-state index in [0.29, 0.717) is 12.5 Å². The Labute approximate surface area is 103 Å². The van der Waals surface area contributed by atoms with Gasteiger partial charge in [-0.2, -0.15) is 0 Å². The van der Waals surface area contributed by atoms with Crippen LogP contribution >= 0.6 is 0 Å². The van der Waals surface area contributed by atoms with Gasteiger partial charge in [0.05, 0.1) is 6.54 Å². The molecule has 1 heterocycles. The SMILES string of the molecule is CC(C)c1cccc(OCCn2cccc2)c1. The zero-order valence-electron chi connectivity index (χ0n) is 10.5. The molecule has 2 nitrogen and oxygen atoms in total. The maximum atomic E-state index is 5.75. The first-order valence-corrected chi connectivity index (χ1v) is 6.09. The number of rotatable bonds is 5. The number of benzene rings is 1. The summed E-state index contributed by atoms with van der Waals surface area (Å²) < 4.78 is 7.87. The predicted octanol–water partition coefficient (Wildman–Crippen LogP) is 3.69. The van der Waals surface area contributed by atoms with Gasteiger partial charge in [0.15, 0.2) is 0 Å². The molecule has 0 atom stereocenters. The Balaban J connectivity index is 1.88. The van der Waals surface area contributed by atoms with Gasteiger partial charge in [-0.05, 0) is 35.7 Å². The van der Waals surface area contributed by atoms with Crippen LogP contribution in [0.5, 0.6) is 5.75 Å². The number of hydrogen-bond acceptors (Lipinski definition) is 1. The van der Waals surface area contributed by atoms with E-state index in [0.717, 1.165) is 12.3 Å². The molecule has 2 rings (SSSR count). The molecule has 0 saturated carbocycles. The van der Waals surface area contributed by atoms with Gasteiger partial charge >= 0.3 is 0 Å². The summed E-state index contributed by atoms with van der Waals surface area (Å²) in [4.78, 5) is 0. The second-order valence-electron chi connectivity index (χ2n) is 4.50. The summed E-state index contributed by atoms with van der Waals surface area (Å²) in [6.07, 6.45) is 4.10. The molecule has 1 aromatic carbocycles. The van der Waals surface area contributed by atoms with E-state index >= 15 is 0 Å².